The predicted octanol–water partition coefficient (Wildman–Crippen LogP) is 3.89. The molecule has 1 saturated heterocycles. The molecule has 3 heterocycles. The summed E-state index contributed by atoms with van der Waals surface area (Å²) in [6.45, 7) is 12.7. The van der Waals surface area contributed by atoms with Gasteiger partial charge in [0, 0.05) is 25.2 Å². The third-order valence-electron chi connectivity index (χ3n) is 6.02. The lowest BCUT2D eigenvalue weighted by molar-refractivity contribution is -0.127. The first-order valence-corrected chi connectivity index (χ1v) is 12.2. The van der Waals surface area contributed by atoms with Crippen LogP contribution in [0.25, 0.3) is 11.2 Å². The summed E-state index contributed by atoms with van der Waals surface area (Å²) in [5.74, 6) is 0.601. The maximum atomic E-state index is 12.1. The summed E-state index contributed by atoms with van der Waals surface area (Å²) >= 11 is 0. The molecule has 1 aliphatic carbocycles. The number of carbonyl (C=O) groups excluding carboxylic acids is 3. The van der Waals surface area contributed by atoms with Crippen LogP contribution in [0.2, 0.25) is 0 Å². The molecule has 2 aliphatic rings. The van der Waals surface area contributed by atoms with Crippen molar-refractivity contribution in [2.45, 2.75) is 71.4 Å². The van der Waals surface area contributed by atoms with Gasteiger partial charge in [-0.15, -0.1) is 0 Å². The van der Waals surface area contributed by atoms with Crippen molar-refractivity contribution in [3.8, 4) is 0 Å². The molecule has 2 aromatic heterocycles. The van der Waals surface area contributed by atoms with Crippen LogP contribution in [-0.2, 0) is 14.4 Å². The first-order chi connectivity index (χ1) is 17.1. The van der Waals surface area contributed by atoms with Gasteiger partial charge < -0.3 is 24.9 Å². The zero-order chi connectivity index (χ0) is 25.8. The average Bonchev–Trinajstić information content (AvgIpc) is 3.57. The molecule has 0 radical (unpaired) electrons. The smallest absolute Gasteiger partial charge is 0.248 e. The Labute approximate surface area is 206 Å². The quantitative estimate of drug-likeness (QED) is 0.598. The summed E-state index contributed by atoms with van der Waals surface area (Å²) in [7, 11) is 0. The number of hydrogen-bond donors (Lipinski definition) is 2. The number of hydrogen-bond acceptors (Lipinski definition) is 7. The fourth-order valence-electron chi connectivity index (χ4n) is 4.37. The second-order valence-electron chi connectivity index (χ2n) is 8.10. The van der Waals surface area contributed by atoms with Gasteiger partial charge in [0.25, 0.3) is 0 Å². The van der Waals surface area contributed by atoms with Crippen LogP contribution < -0.4 is 10.6 Å². The van der Waals surface area contributed by atoms with Gasteiger partial charge in [0.15, 0.2) is 17.0 Å². The normalized spacial score (nSPS) is 16.3. The lowest BCUT2D eigenvalue weighted by Gasteiger charge is -2.32. The molecule has 10 nitrogen and oxygen atoms in total. The van der Waals surface area contributed by atoms with E-state index in [4.69, 9.17) is 9.78 Å². The molecular weight excluding hydrogens is 446 g/mol. The Morgan fingerprint density at radius 3 is 2.34 bits per heavy atom. The standard InChI is InChI=1S/C22H29N7O2.C2H6.CH2O/c1-3-7-18(31)28-12-10-16(11-13-28)29-14-23-19-20(25-17(30)4-2)26-22(27-21(19)29)24-15-8-5-6-9-15;2*1-2/h3-4,7,14-16H,2,5-6,8-13H2,1H3,(H2,24,25,26,27,30);1-2H3;1H2/b7-3-;;. The number of aromatic nitrogens is 4. The highest BCUT2D eigenvalue weighted by Gasteiger charge is 2.26. The Morgan fingerprint density at radius 2 is 1.74 bits per heavy atom. The first-order valence-electron chi connectivity index (χ1n) is 12.2. The third-order valence-corrected chi connectivity index (χ3v) is 6.02. The van der Waals surface area contributed by atoms with Gasteiger partial charge in [-0.05, 0) is 44.8 Å². The van der Waals surface area contributed by atoms with E-state index in [1.165, 1.54) is 18.9 Å². The van der Waals surface area contributed by atoms with Gasteiger partial charge in [0.05, 0.1) is 6.33 Å². The molecule has 0 unspecified atom stereocenters. The van der Waals surface area contributed by atoms with Crippen molar-refractivity contribution >= 4 is 41.5 Å². The number of anilines is 2. The maximum Gasteiger partial charge on any atom is 0.248 e. The number of nitrogens with one attached hydrogen (secondary N) is 2. The van der Waals surface area contributed by atoms with E-state index in [0.29, 0.717) is 42.1 Å². The zero-order valence-electron chi connectivity index (χ0n) is 21.0. The van der Waals surface area contributed by atoms with Crippen LogP contribution >= 0.6 is 0 Å². The minimum absolute atomic E-state index is 0.0521. The first kappa shape index (κ1) is 27.7. The molecule has 1 aliphatic heterocycles. The van der Waals surface area contributed by atoms with Crippen LogP contribution in [0.5, 0.6) is 0 Å². The third kappa shape index (κ3) is 6.97. The van der Waals surface area contributed by atoms with Gasteiger partial charge in [0.2, 0.25) is 17.8 Å². The second-order valence-corrected chi connectivity index (χ2v) is 8.10. The topological polar surface area (TPSA) is 122 Å². The van der Waals surface area contributed by atoms with Crippen molar-refractivity contribution in [3.63, 3.8) is 0 Å². The summed E-state index contributed by atoms with van der Waals surface area (Å²) in [4.78, 5) is 47.8. The minimum atomic E-state index is -0.336. The highest BCUT2D eigenvalue weighted by atomic mass is 16.2. The van der Waals surface area contributed by atoms with Crippen LogP contribution in [-0.4, -0.2) is 62.2 Å². The van der Waals surface area contributed by atoms with Crippen LogP contribution in [0.3, 0.4) is 0 Å². The Balaban J connectivity index is 0.00000103. The summed E-state index contributed by atoms with van der Waals surface area (Å²) in [6, 6.07) is 0.523. The van der Waals surface area contributed by atoms with Crippen LogP contribution in [0.15, 0.2) is 31.1 Å². The lowest BCUT2D eigenvalue weighted by Crippen LogP contribution is -2.38. The van der Waals surface area contributed by atoms with Gasteiger partial charge in [-0.2, -0.15) is 9.97 Å². The Kier molecular flexibility index (Phi) is 11.1. The summed E-state index contributed by atoms with van der Waals surface area (Å²) in [5.41, 5.74) is 1.24. The number of allylic oxidation sites excluding steroid dienone is 1. The maximum absolute atomic E-state index is 12.1. The fourth-order valence-corrected chi connectivity index (χ4v) is 4.37. The molecule has 10 heteroatoms. The number of likely N-dealkylation sites (tertiary alicyclic amines) is 1. The molecule has 190 valence electrons. The van der Waals surface area contributed by atoms with E-state index in [9.17, 15) is 9.59 Å². The number of rotatable bonds is 6. The van der Waals surface area contributed by atoms with Gasteiger partial charge in [0.1, 0.15) is 6.79 Å². The van der Waals surface area contributed by atoms with Crippen LogP contribution in [0, 0.1) is 0 Å². The molecule has 0 aromatic carbocycles. The number of nitrogens with zero attached hydrogens (tertiary/aromatic N) is 5. The SMILES string of the molecule is C=CC(=O)Nc1nc(NC2CCCC2)nc2c1ncn2C1CCN(C(=O)/C=C\C)CC1.C=O.CC. The lowest BCUT2D eigenvalue weighted by atomic mass is 10.0. The molecule has 1 saturated carbocycles. The van der Waals surface area contributed by atoms with Gasteiger partial charge >= 0.3 is 0 Å². The Morgan fingerprint density at radius 1 is 1.09 bits per heavy atom. The molecule has 2 amide bonds. The van der Waals surface area contributed by atoms with E-state index in [2.05, 4.69) is 31.7 Å². The van der Waals surface area contributed by atoms with Crippen molar-refractivity contribution in [1.29, 1.82) is 0 Å². The number of fused-ring (bicyclic) bond motifs is 1. The van der Waals surface area contributed by atoms with Gasteiger partial charge in [-0.1, -0.05) is 39.3 Å². The van der Waals surface area contributed by atoms with Crippen molar-refractivity contribution in [1.82, 2.24) is 24.4 Å². The summed E-state index contributed by atoms with van der Waals surface area (Å²) in [5, 5.41) is 6.19. The summed E-state index contributed by atoms with van der Waals surface area (Å²) in [6.07, 6.45) is 12.6. The molecule has 0 spiro atoms. The molecule has 0 atom stereocenters. The van der Waals surface area contributed by atoms with Gasteiger partial charge in [-0.25, -0.2) is 4.98 Å². The average molecular weight is 484 g/mol. The van der Waals surface area contributed by atoms with E-state index < -0.39 is 0 Å². The molecule has 35 heavy (non-hydrogen) atoms. The Bertz CT molecular complexity index is 1020. The van der Waals surface area contributed by atoms with Crippen LogP contribution in [0.4, 0.5) is 11.8 Å². The highest BCUT2D eigenvalue weighted by Crippen LogP contribution is 2.30. The van der Waals surface area contributed by atoms with E-state index in [-0.39, 0.29) is 17.9 Å². The predicted molar refractivity (Wildman–Crippen MR) is 138 cm³/mol. The molecule has 2 fully saturated rings. The second kappa shape index (κ2) is 14.0. The van der Waals surface area contributed by atoms with E-state index in [1.54, 1.807) is 18.5 Å². The molecule has 4 rings (SSSR count). The molecule has 2 aromatic rings. The van der Waals surface area contributed by atoms with Crippen molar-refractivity contribution in [2.75, 3.05) is 23.7 Å². The van der Waals surface area contributed by atoms with E-state index in [1.807, 2.05) is 32.5 Å². The van der Waals surface area contributed by atoms with E-state index >= 15 is 0 Å². The fraction of sp³-hybridized carbons (Fsp3) is 0.520. The molecule has 2 N–H and O–H groups in total. The number of carbonyl (C=O) groups is 3. The van der Waals surface area contributed by atoms with Gasteiger partial charge in [-0.3, -0.25) is 9.59 Å². The van der Waals surface area contributed by atoms with Crippen molar-refractivity contribution < 1.29 is 14.4 Å². The van der Waals surface area contributed by atoms with Crippen LogP contribution in [0.1, 0.15) is 65.3 Å². The van der Waals surface area contributed by atoms with Crippen molar-refractivity contribution in [3.05, 3.63) is 31.1 Å². The molecule has 0 bridgehead atoms. The van der Waals surface area contributed by atoms with Crippen molar-refractivity contribution in [2.24, 2.45) is 0 Å². The largest absolute Gasteiger partial charge is 0.351 e. The zero-order valence-corrected chi connectivity index (χ0v) is 21.0. The summed E-state index contributed by atoms with van der Waals surface area (Å²) < 4.78 is 2.05. The number of amides is 2. The van der Waals surface area contributed by atoms with E-state index in [0.717, 1.165) is 25.7 Å². The Hall–Kier alpha value is -3.56. The monoisotopic (exact) mass is 483 g/mol. The molecular formula is C25H37N7O3. The number of imidazole rings is 1. The minimum Gasteiger partial charge on any atom is -0.351 e. The number of piperidine rings is 1. The highest BCUT2D eigenvalue weighted by molar-refractivity contribution is 6.02.